The van der Waals surface area contributed by atoms with Gasteiger partial charge >= 0.3 is 0 Å². The molecule has 2 heterocycles. The second kappa shape index (κ2) is 8.71. The highest BCUT2D eigenvalue weighted by molar-refractivity contribution is 7.17. The van der Waals surface area contributed by atoms with Crippen LogP contribution in [-0.2, 0) is 11.2 Å². The van der Waals surface area contributed by atoms with Gasteiger partial charge in [0.1, 0.15) is 9.88 Å². The molecule has 4 aromatic rings. The molecule has 7 nitrogen and oxygen atoms in total. The van der Waals surface area contributed by atoms with Crippen molar-refractivity contribution in [2.75, 3.05) is 0 Å². The molecule has 0 saturated heterocycles. The van der Waals surface area contributed by atoms with Crippen LogP contribution in [-0.4, -0.2) is 26.6 Å². The first-order valence-electron chi connectivity index (χ1n) is 9.31. The van der Waals surface area contributed by atoms with Crippen molar-refractivity contribution >= 4 is 23.2 Å². The maximum absolute atomic E-state index is 12.5. The SMILES string of the molecule is Cc1nc(-c2ccccc2)sc1C(=O)NNC(=O)Cc1cnn(-c2ccccc2)c1. The van der Waals surface area contributed by atoms with Crippen molar-refractivity contribution < 1.29 is 9.59 Å². The van der Waals surface area contributed by atoms with Gasteiger partial charge in [0.15, 0.2) is 0 Å². The average molecular weight is 417 g/mol. The molecule has 150 valence electrons. The maximum atomic E-state index is 12.5. The largest absolute Gasteiger partial charge is 0.281 e. The van der Waals surface area contributed by atoms with Crippen LogP contribution in [0.4, 0.5) is 0 Å². The Morgan fingerprint density at radius 2 is 1.70 bits per heavy atom. The number of hydrazine groups is 1. The summed E-state index contributed by atoms with van der Waals surface area (Å²) in [4.78, 5) is 29.6. The Hall–Kier alpha value is -3.78. The van der Waals surface area contributed by atoms with Crippen LogP contribution >= 0.6 is 11.3 Å². The Balaban J connectivity index is 1.35. The quantitative estimate of drug-likeness (QED) is 0.488. The number of nitrogens with zero attached hydrogens (tertiary/aromatic N) is 3. The highest BCUT2D eigenvalue weighted by atomic mass is 32.1. The lowest BCUT2D eigenvalue weighted by Gasteiger charge is -2.05. The number of rotatable bonds is 5. The van der Waals surface area contributed by atoms with Gasteiger partial charge in [0, 0.05) is 11.8 Å². The van der Waals surface area contributed by atoms with E-state index in [2.05, 4.69) is 20.9 Å². The van der Waals surface area contributed by atoms with E-state index in [9.17, 15) is 9.59 Å². The minimum Gasteiger partial charge on any atom is -0.273 e. The number of nitrogens with one attached hydrogen (secondary N) is 2. The molecule has 2 aromatic carbocycles. The van der Waals surface area contributed by atoms with Gasteiger partial charge in [-0.25, -0.2) is 9.67 Å². The third kappa shape index (κ3) is 4.44. The van der Waals surface area contributed by atoms with Gasteiger partial charge < -0.3 is 0 Å². The molecule has 0 fully saturated rings. The molecule has 0 aliphatic rings. The molecule has 0 bridgehead atoms. The van der Waals surface area contributed by atoms with E-state index in [0.29, 0.717) is 10.6 Å². The summed E-state index contributed by atoms with van der Waals surface area (Å²) >= 11 is 1.29. The number of hydrogen-bond donors (Lipinski definition) is 2. The van der Waals surface area contributed by atoms with E-state index in [1.165, 1.54) is 11.3 Å². The number of carbonyl (C=O) groups excluding carboxylic acids is 2. The van der Waals surface area contributed by atoms with Crippen LogP contribution in [0.2, 0.25) is 0 Å². The molecule has 0 atom stereocenters. The van der Waals surface area contributed by atoms with Crippen molar-refractivity contribution in [3.63, 3.8) is 0 Å². The first-order valence-corrected chi connectivity index (χ1v) is 10.1. The average Bonchev–Trinajstić information content (AvgIpc) is 3.40. The summed E-state index contributed by atoms with van der Waals surface area (Å²) in [5.41, 5.74) is 8.15. The molecular formula is C22H19N5O2S. The van der Waals surface area contributed by atoms with Crippen molar-refractivity contribution in [3.8, 4) is 16.3 Å². The molecule has 0 radical (unpaired) electrons. The number of aromatic nitrogens is 3. The van der Waals surface area contributed by atoms with E-state index in [-0.39, 0.29) is 18.2 Å². The molecule has 0 saturated carbocycles. The molecule has 0 unspecified atom stereocenters. The fourth-order valence-corrected chi connectivity index (χ4v) is 3.86. The number of para-hydroxylation sites is 1. The number of hydrogen-bond acceptors (Lipinski definition) is 5. The van der Waals surface area contributed by atoms with Crippen LogP contribution in [0.1, 0.15) is 20.9 Å². The van der Waals surface area contributed by atoms with Crippen molar-refractivity contribution in [3.05, 3.63) is 89.2 Å². The fraction of sp³-hybridized carbons (Fsp3) is 0.0909. The summed E-state index contributed by atoms with van der Waals surface area (Å²) in [6.07, 6.45) is 3.52. The molecule has 30 heavy (non-hydrogen) atoms. The summed E-state index contributed by atoms with van der Waals surface area (Å²) in [5, 5.41) is 5.03. The molecule has 8 heteroatoms. The van der Waals surface area contributed by atoms with E-state index in [1.54, 1.807) is 24.0 Å². The Morgan fingerprint density at radius 1 is 1.00 bits per heavy atom. The molecular weight excluding hydrogens is 398 g/mol. The predicted molar refractivity (Wildman–Crippen MR) is 115 cm³/mol. The van der Waals surface area contributed by atoms with Gasteiger partial charge in [-0.05, 0) is 24.6 Å². The lowest BCUT2D eigenvalue weighted by Crippen LogP contribution is -2.42. The first-order chi connectivity index (χ1) is 14.6. The summed E-state index contributed by atoms with van der Waals surface area (Å²) in [6, 6.07) is 19.3. The topological polar surface area (TPSA) is 88.9 Å². The van der Waals surface area contributed by atoms with Gasteiger partial charge in [0.2, 0.25) is 5.91 Å². The molecule has 4 rings (SSSR count). The zero-order valence-electron chi connectivity index (χ0n) is 16.2. The van der Waals surface area contributed by atoms with E-state index >= 15 is 0 Å². The Bertz CT molecular complexity index is 1170. The number of amides is 2. The van der Waals surface area contributed by atoms with Gasteiger partial charge in [-0.2, -0.15) is 5.10 Å². The van der Waals surface area contributed by atoms with Crippen molar-refractivity contribution in [1.29, 1.82) is 0 Å². The van der Waals surface area contributed by atoms with Gasteiger partial charge in [0.05, 0.1) is 24.0 Å². The normalized spacial score (nSPS) is 10.6. The molecule has 0 aliphatic heterocycles. The van der Waals surface area contributed by atoms with Crippen LogP contribution in [0.3, 0.4) is 0 Å². The van der Waals surface area contributed by atoms with Gasteiger partial charge in [-0.1, -0.05) is 48.5 Å². The van der Waals surface area contributed by atoms with Gasteiger partial charge in [-0.3, -0.25) is 20.4 Å². The third-order valence-corrected chi connectivity index (χ3v) is 5.57. The minimum atomic E-state index is -0.388. The number of thiazole rings is 1. The van der Waals surface area contributed by atoms with E-state index in [4.69, 9.17) is 0 Å². The number of aryl methyl sites for hydroxylation is 1. The Kier molecular flexibility index (Phi) is 5.67. The Morgan fingerprint density at radius 3 is 2.43 bits per heavy atom. The van der Waals surface area contributed by atoms with E-state index in [1.807, 2.05) is 60.7 Å². The zero-order chi connectivity index (χ0) is 20.9. The standard InChI is InChI=1S/C22H19N5O2S/c1-15-20(30-22(24-15)17-8-4-2-5-9-17)21(29)26-25-19(28)12-16-13-23-27(14-16)18-10-6-3-7-11-18/h2-11,13-14H,12H2,1H3,(H,25,28)(H,26,29). The maximum Gasteiger partial charge on any atom is 0.281 e. The number of benzene rings is 2. The van der Waals surface area contributed by atoms with Crippen molar-refractivity contribution in [2.24, 2.45) is 0 Å². The fourth-order valence-electron chi connectivity index (χ4n) is 2.90. The lowest BCUT2D eigenvalue weighted by atomic mass is 10.2. The van der Waals surface area contributed by atoms with Crippen molar-refractivity contribution in [1.82, 2.24) is 25.6 Å². The molecule has 0 aliphatic carbocycles. The lowest BCUT2D eigenvalue weighted by molar-refractivity contribution is -0.121. The zero-order valence-corrected chi connectivity index (χ0v) is 17.0. The summed E-state index contributed by atoms with van der Waals surface area (Å²) < 4.78 is 1.70. The van der Waals surface area contributed by atoms with Crippen LogP contribution in [0.15, 0.2) is 73.1 Å². The van der Waals surface area contributed by atoms with Crippen LogP contribution in [0.25, 0.3) is 16.3 Å². The smallest absolute Gasteiger partial charge is 0.273 e. The predicted octanol–water partition coefficient (Wildman–Crippen LogP) is 3.31. The van der Waals surface area contributed by atoms with Crippen LogP contribution < -0.4 is 10.9 Å². The highest BCUT2D eigenvalue weighted by Crippen LogP contribution is 2.27. The Labute approximate surface area is 177 Å². The van der Waals surface area contributed by atoms with E-state index in [0.717, 1.165) is 21.8 Å². The summed E-state index contributed by atoms with van der Waals surface area (Å²) in [7, 11) is 0. The monoisotopic (exact) mass is 417 g/mol. The second-order valence-electron chi connectivity index (χ2n) is 6.61. The van der Waals surface area contributed by atoms with Crippen molar-refractivity contribution in [2.45, 2.75) is 13.3 Å². The van der Waals surface area contributed by atoms with E-state index < -0.39 is 0 Å². The third-order valence-electron chi connectivity index (χ3n) is 4.36. The molecule has 2 amide bonds. The molecule has 2 aromatic heterocycles. The second-order valence-corrected chi connectivity index (χ2v) is 7.61. The highest BCUT2D eigenvalue weighted by Gasteiger charge is 2.17. The summed E-state index contributed by atoms with van der Waals surface area (Å²) in [6.45, 7) is 1.78. The minimum absolute atomic E-state index is 0.101. The summed E-state index contributed by atoms with van der Waals surface area (Å²) in [5.74, 6) is -0.720. The number of carbonyl (C=O) groups is 2. The molecule has 2 N–H and O–H groups in total. The molecule has 0 spiro atoms. The van der Waals surface area contributed by atoms with Crippen LogP contribution in [0, 0.1) is 6.92 Å². The van der Waals surface area contributed by atoms with Gasteiger partial charge in [0.25, 0.3) is 5.91 Å². The van der Waals surface area contributed by atoms with Crippen LogP contribution in [0.5, 0.6) is 0 Å². The first kappa shape index (κ1) is 19.5. The van der Waals surface area contributed by atoms with Gasteiger partial charge in [-0.15, -0.1) is 11.3 Å².